The topological polar surface area (TPSA) is 26.0 Å². The highest BCUT2D eigenvalue weighted by atomic mass is 32.2. The first kappa shape index (κ1) is 15.1. The SMILES string of the molecule is CCC1CCCCC1C(N)C1SCCSC1CC. The van der Waals surface area contributed by atoms with Gasteiger partial charge in [0.25, 0.3) is 0 Å². The first-order chi connectivity index (χ1) is 8.77. The van der Waals surface area contributed by atoms with Gasteiger partial charge in [0.1, 0.15) is 0 Å². The minimum absolute atomic E-state index is 0.443. The average Bonchev–Trinajstić information content (AvgIpc) is 2.46. The van der Waals surface area contributed by atoms with Gasteiger partial charge >= 0.3 is 0 Å². The minimum Gasteiger partial charge on any atom is -0.326 e. The van der Waals surface area contributed by atoms with Gasteiger partial charge in [0.15, 0.2) is 0 Å². The predicted octanol–water partition coefficient (Wildman–Crippen LogP) is 4.16. The van der Waals surface area contributed by atoms with Crippen LogP contribution in [0.25, 0.3) is 0 Å². The lowest BCUT2D eigenvalue weighted by molar-refractivity contribution is 0.192. The number of hydrogen-bond acceptors (Lipinski definition) is 3. The second kappa shape index (κ2) is 7.44. The van der Waals surface area contributed by atoms with Gasteiger partial charge < -0.3 is 5.73 Å². The molecule has 2 aliphatic rings. The van der Waals surface area contributed by atoms with Crippen molar-refractivity contribution in [3.05, 3.63) is 0 Å². The number of rotatable bonds is 4. The Morgan fingerprint density at radius 1 is 1.06 bits per heavy atom. The maximum Gasteiger partial charge on any atom is 0.0320 e. The van der Waals surface area contributed by atoms with E-state index in [0.717, 1.165) is 17.1 Å². The van der Waals surface area contributed by atoms with Crippen molar-refractivity contribution in [1.82, 2.24) is 0 Å². The quantitative estimate of drug-likeness (QED) is 0.841. The summed E-state index contributed by atoms with van der Waals surface area (Å²) in [5.74, 6) is 4.34. The smallest absolute Gasteiger partial charge is 0.0320 e. The van der Waals surface area contributed by atoms with Crippen molar-refractivity contribution in [3.63, 3.8) is 0 Å². The van der Waals surface area contributed by atoms with Gasteiger partial charge in [0.05, 0.1) is 0 Å². The molecule has 1 nitrogen and oxygen atoms in total. The van der Waals surface area contributed by atoms with E-state index < -0.39 is 0 Å². The largest absolute Gasteiger partial charge is 0.326 e. The van der Waals surface area contributed by atoms with Gasteiger partial charge in [-0.15, -0.1) is 0 Å². The maximum atomic E-state index is 6.72. The Hall–Kier alpha value is 0.660. The second-order valence-electron chi connectivity index (χ2n) is 5.85. The van der Waals surface area contributed by atoms with Gasteiger partial charge in [0.2, 0.25) is 0 Å². The van der Waals surface area contributed by atoms with E-state index in [2.05, 4.69) is 37.4 Å². The molecule has 0 spiro atoms. The summed E-state index contributed by atoms with van der Waals surface area (Å²) in [5.41, 5.74) is 6.72. The van der Waals surface area contributed by atoms with E-state index in [-0.39, 0.29) is 0 Å². The Morgan fingerprint density at radius 2 is 1.78 bits per heavy atom. The van der Waals surface area contributed by atoms with E-state index in [0.29, 0.717) is 11.3 Å². The monoisotopic (exact) mass is 287 g/mol. The van der Waals surface area contributed by atoms with Crippen molar-refractivity contribution in [2.24, 2.45) is 17.6 Å². The highest BCUT2D eigenvalue weighted by Gasteiger charge is 2.37. The Morgan fingerprint density at radius 3 is 2.50 bits per heavy atom. The normalized spacial score (nSPS) is 39.5. The predicted molar refractivity (Wildman–Crippen MR) is 86.5 cm³/mol. The fourth-order valence-corrected chi connectivity index (χ4v) is 7.04. The summed E-state index contributed by atoms with van der Waals surface area (Å²) in [6, 6.07) is 0.443. The van der Waals surface area contributed by atoms with Crippen molar-refractivity contribution >= 4 is 23.5 Å². The van der Waals surface area contributed by atoms with Gasteiger partial charge in [-0.1, -0.05) is 39.5 Å². The van der Waals surface area contributed by atoms with Gasteiger partial charge in [-0.05, 0) is 24.7 Å². The molecule has 1 saturated heterocycles. The van der Waals surface area contributed by atoms with E-state index in [1.54, 1.807) is 0 Å². The molecule has 2 fully saturated rings. The summed E-state index contributed by atoms with van der Waals surface area (Å²) in [4.78, 5) is 0. The zero-order valence-electron chi connectivity index (χ0n) is 11.9. The molecule has 5 atom stereocenters. The van der Waals surface area contributed by atoms with Gasteiger partial charge in [-0.3, -0.25) is 0 Å². The maximum absolute atomic E-state index is 6.72. The van der Waals surface area contributed by atoms with Crippen LogP contribution in [-0.2, 0) is 0 Å². The van der Waals surface area contributed by atoms with E-state index in [1.807, 2.05) is 0 Å². The molecule has 1 aliphatic heterocycles. The van der Waals surface area contributed by atoms with Crippen LogP contribution in [-0.4, -0.2) is 28.0 Å². The van der Waals surface area contributed by atoms with Crippen LogP contribution in [0.5, 0.6) is 0 Å². The number of thioether (sulfide) groups is 2. The van der Waals surface area contributed by atoms with Crippen molar-refractivity contribution in [1.29, 1.82) is 0 Å². The zero-order valence-corrected chi connectivity index (χ0v) is 13.6. The molecule has 5 unspecified atom stereocenters. The van der Waals surface area contributed by atoms with Crippen LogP contribution in [0.3, 0.4) is 0 Å². The number of nitrogens with two attached hydrogens (primary N) is 1. The molecule has 1 saturated carbocycles. The average molecular weight is 288 g/mol. The molecule has 0 aromatic heterocycles. The summed E-state index contributed by atoms with van der Waals surface area (Å²) >= 11 is 4.34. The Kier molecular flexibility index (Phi) is 6.23. The van der Waals surface area contributed by atoms with Crippen molar-refractivity contribution in [2.45, 2.75) is 68.9 Å². The Labute approximate surface area is 121 Å². The third kappa shape index (κ3) is 3.40. The first-order valence-electron chi connectivity index (χ1n) is 7.76. The lowest BCUT2D eigenvalue weighted by Crippen LogP contribution is -2.49. The molecule has 18 heavy (non-hydrogen) atoms. The van der Waals surface area contributed by atoms with Crippen LogP contribution in [0.4, 0.5) is 0 Å². The molecule has 0 amide bonds. The summed E-state index contributed by atoms with van der Waals surface area (Å²) in [7, 11) is 0. The second-order valence-corrected chi connectivity index (χ2v) is 8.48. The third-order valence-corrected chi connectivity index (χ3v) is 8.25. The minimum atomic E-state index is 0.443. The molecule has 2 N–H and O–H groups in total. The van der Waals surface area contributed by atoms with E-state index in [1.165, 1.54) is 50.0 Å². The highest BCUT2D eigenvalue weighted by molar-refractivity contribution is 8.07. The molecule has 0 aromatic carbocycles. The van der Waals surface area contributed by atoms with Crippen LogP contribution < -0.4 is 5.73 Å². The molecule has 1 heterocycles. The molecule has 0 radical (unpaired) electrons. The fraction of sp³-hybridized carbons (Fsp3) is 1.00. The van der Waals surface area contributed by atoms with Crippen molar-refractivity contribution in [2.75, 3.05) is 11.5 Å². The van der Waals surface area contributed by atoms with Gasteiger partial charge in [-0.25, -0.2) is 0 Å². The van der Waals surface area contributed by atoms with E-state index in [9.17, 15) is 0 Å². The van der Waals surface area contributed by atoms with Crippen molar-refractivity contribution in [3.8, 4) is 0 Å². The highest BCUT2D eigenvalue weighted by Crippen LogP contribution is 2.41. The summed E-state index contributed by atoms with van der Waals surface area (Å²) in [6.07, 6.45) is 8.29. The summed E-state index contributed by atoms with van der Waals surface area (Å²) in [5, 5.41) is 1.52. The van der Waals surface area contributed by atoms with E-state index in [4.69, 9.17) is 5.73 Å². The fourth-order valence-electron chi connectivity index (χ4n) is 3.79. The van der Waals surface area contributed by atoms with Gasteiger partial charge in [0, 0.05) is 28.0 Å². The van der Waals surface area contributed by atoms with Crippen LogP contribution in [0, 0.1) is 11.8 Å². The lowest BCUT2D eigenvalue weighted by Gasteiger charge is -2.42. The third-order valence-electron chi connectivity index (χ3n) is 4.86. The van der Waals surface area contributed by atoms with Crippen LogP contribution in [0.15, 0.2) is 0 Å². The van der Waals surface area contributed by atoms with Crippen LogP contribution in [0.1, 0.15) is 52.4 Å². The van der Waals surface area contributed by atoms with Gasteiger partial charge in [-0.2, -0.15) is 23.5 Å². The Bertz CT molecular complexity index is 223. The molecular weight excluding hydrogens is 258 g/mol. The molecule has 106 valence electrons. The lowest BCUT2D eigenvalue weighted by atomic mass is 9.73. The molecule has 2 rings (SSSR count). The number of hydrogen-bond donors (Lipinski definition) is 1. The molecular formula is C15H29NS2. The summed E-state index contributed by atoms with van der Waals surface area (Å²) < 4.78 is 0. The standard InChI is InChI=1S/C15H29NS2/c1-3-11-7-5-6-8-12(11)14(16)15-13(4-2)17-9-10-18-15/h11-15H,3-10,16H2,1-2H3. The first-order valence-corrected chi connectivity index (χ1v) is 9.86. The molecule has 1 aliphatic carbocycles. The molecule has 3 heteroatoms. The molecule has 0 aromatic rings. The summed E-state index contributed by atoms with van der Waals surface area (Å²) in [6.45, 7) is 4.69. The van der Waals surface area contributed by atoms with Crippen LogP contribution in [0.2, 0.25) is 0 Å². The molecule has 0 bridgehead atoms. The van der Waals surface area contributed by atoms with Crippen molar-refractivity contribution < 1.29 is 0 Å². The van der Waals surface area contributed by atoms with E-state index >= 15 is 0 Å². The Balaban J connectivity index is 2.00. The van der Waals surface area contributed by atoms with Crippen LogP contribution >= 0.6 is 23.5 Å². The zero-order chi connectivity index (χ0) is 13.0.